The predicted octanol–water partition coefficient (Wildman–Crippen LogP) is 2.52. The van der Waals surface area contributed by atoms with Crippen LogP contribution >= 0.6 is 0 Å². The van der Waals surface area contributed by atoms with Gasteiger partial charge in [-0.2, -0.15) is 0 Å². The van der Waals surface area contributed by atoms with Crippen molar-refractivity contribution in [2.75, 3.05) is 0 Å². The summed E-state index contributed by atoms with van der Waals surface area (Å²) in [5.74, 6) is -0.300. The van der Waals surface area contributed by atoms with Gasteiger partial charge in [-0.25, -0.2) is 4.79 Å². The number of ketones is 1. The van der Waals surface area contributed by atoms with Gasteiger partial charge in [-0.3, -0.25) is 19.1 Å². The Hall–Kier alpha value is -2.69. The molecule has 0 unspecified atom stereocenters. The number of carbonyl (C=O) groups excluding carboxylic acids is 1. The molecule has 0 fully saturated rings. The molecule has 2 rings (SSSR count). The van der Waals surface area contributed by atoms with E-state index in [4.69, 9.17) is 0 Å². The third-order valence-electron chi connectivity index (χ3n) is 3.87. The Balaban J connectivity index is 2.76. The third-order valence-corrected chi connectivity index (χ3v) is 3.87. The van der Waals surface area contributed by atoms with Gasteiger partial charge in [0.2, 0.25) is 5.78 Å². The number of aryl methyl sites for hydroxylation is 2. The first-order valence-electron chi connectivity index (χ1n) is 7.99. The van der Waals surface area contributed by atoms with E-state index in [1.807, 2.05) is 26.8 Å². The second-order valence-electron chi connectivity index (χ2n) is 5.83. The molecule has 1 aromatic heterocycles. The molecule has 0 saturated heterocycles. The Labute approximate surface area is 140 Å². The van der Waals surface area contributed by atoms with Crippen LogP contribution in [-0.2, 0) is 13.0 Å². The number of H-pyrrole nitrogens is 1. The van der Waals surface area contributed by atoms with Crippen LogP contribution in [0.2, 0.25) is 0 Å². The van der Waals surface area contributed by atoms with E-state index in [9.17, 15) is 14.4 Å². The normalized spacial score (nSPS) is 11.2. The Bertz CT molecular complexity index is 897. The molecule has 5 nitrogen and oxygen atoms in total. The third kappa shape index (κ3) is 3.45. The fourth-order valence-electron chi connectivity index (χ4n) is 2.83. The van der Waals surface area contributed by atoms with Gasteiger partial charge in [0.25, 0.3) is 5.56 Å². The fraction of sp³-hybridized carbons (Fsp3) is 0.316. The van der Waals surface area contributed by atoms with Crippen LogP contribution in [0.1, 0.15) is 46.6 Å². The molecule has 0 bridgehead atoms. The number of aromatic nitrogens is 2. The zero-order valence-corrected chi connectivity index (χ0v) is 14.5. The molecule has 1 heterocycles. The van der Waals surface area contributed by atoms with Gasteiger partial charge in [0, 0.05) is 17.7 Å². The number of hydrogen-bond donors (Lipinski definition) is 1. The highest BCUT2D eigenvalue weighted by Gasteiger charge is 2.21. The number of aromatic amines is 1. The maximum absolute atomic E-state index is 13.1. The Kier molecular flexibility index (Phi) is 5.34. The topological polar surface area (TPSA) is 71.9 Å². The molecule has 0 radical (unpaired) electrons. The summed E-state index contributed by atoms with van der Waals surface area (Å²) in [5.41, 5.74) is 1.86. The Morgan fingerprint density at radius 2 is 1.79 bits per heavy atom. The number of hydrogen-bond acceptors (Lipinski definition) is 3. The average Bonchev–Trinajstić information content (AvgIpc) is 2.51. The lowest BCUT2D eigenvalue weighted by Crippen LogP contribution is -2.37. The second-order valence-corrected chi connectivity index (χ2v) is 5.83. The van der Waals surface area contributed by atoms with E-state index in [0.29, 0.717) is 17.5 Å². The summed E-state index contributed by atoms with van der Waals surface area (Å²) in [5, 5.41) is 0. The quantitative estimate of drug-likeness (QED) is 0.678. The summed E-state index contributed by atoms with van der Waals surface area (Å²) in [7, 11) is 0. The zero-order chi connectivity index (χ0) is 17.9. The van der Waals surface area contributed by atoms with Crippen molar-refractivity contribution in [2.24, 2.45) is 0 Å². The summed E-state index contributed by atoms with van der Waals surface area (Å²) in [4.78, 5) is 39.8. The van der Waals surface area contributed by atoms with E-state index in [2.05, 4.69) is 4.98 Å². The van der Waals surface area contributed by atoms with Crippen LogP contribution in [0, 0.1) is 13.8 Å². The first-order valence-corrected chi connectivity index (χ1v) is 7.99. The summed E-state index contributed by atoms with van der Waals surface area (Å²) in [6.07, 6.45) is 3.95. The van der Waals surface area contributed by atoms with Gasteiger partial charge < -0.3 is 0 Å². The Morgan fingerprint density at radius 1 is 1.17 bits per heavy atom. The number of nitrogens with zero attached hydrogens (tertiary/aromatic N) is 1. The molecule has 0 spiro atoms. The first kappa shape index (κ1) is 17.7. The summed E-state index contributed by atoms with van der Waals surface area (Å²) in [6.45, 7) is 7.70. The largest absolute Gasteiger partial charge is 0.329 e. The highest BCUT2D eigenvalue weighted by molar-refractivity contribution is 6.09. The van der Waals surface area contributed by atoms with Crippen molar-refractivity contribution < 1.29 is 4.79 Å². The molecule has 5 heteroatoms. The summed E-state index contributed by atoms with van der Waals surface area (Å²) in [6, 6.07) is 5.53. The monoisotopic (exact) mass is 326 g/mol. The van der Waals surface area contributed by atoms with Gasteiger partial charge in [0.1, 0.15) is 5.69 Å². The van der Waals surface area contributed by atoms with E-state index < -0.39 is 11.2 Å². The van der Waals surface area contributed by atoms with E-state index in [-0.39, 0.29) is 18.0 Å². The molecule has 0 saturated carbocycles. The molecular formula is C19H22N2O3. The van der Waals surface area contributed by atoms with Crippen molar-refractivity contribution >= 4 is 5.78 Å². The van der Waals surface area contributed by atoms with Crippen LogP contribution < -0.4 is 11.2 Å². The predicted molar refractivity (Wildman–Crippen MR) is 94.9 cm³/mol. The molecule has 2 aromatic rings. The molecule has 0 aliphatic rings. The van der Waals surface area contributed by atoms with Crippen LogP contribution in [0.4, 0.5) is 0 Å². The minimum absolute atomic E-state index is 0.175. The van der Waals surface area contributed by atoms with E-state index >= 15 is 0 Å². The van der Waals surface area contributed by atoms with Crippen molar-refractivity contribution in [3.63, 3.8) is 0 Å². The molecule has 126 valence electrons. The molecule has 1 N–H and O–H groups in total. The number of nitrogens with one attached hydrogen (secondary N) is 1. The van der Waals surface area contributed by atoms with Crippen LogP contribution in [0.25, 0.3) is 0 Å². The van der Waals surface area contributed by atoms with Gasteiger partial charge in [0.05, 0.1) is 0 Å². The lowest BCUT2D eigenvalue weighted by Gasteiger charge is -2.14. The first-order chi connectivity index (χ1) is 11.4. The molecule has 0 atom stereocenters. The molecule has 1 aromatic carbocycles. The van der Waals surface area contributed by atoms with Crippen LogP contribution in [0.5, 0.6) is 0 Å². The smallest absolute Gasteiger partial charge is 0.287 e. The molecule has 0 aliphatic heterocycles. The van der Waals surface area contributed by atoms with Crippen molar-refractivity contribution in [3.05, 3.63) is 79.1 Å². The average molecular weight is 326 g/mol. The van der Waals surface area contributed by atoms with E-state index in [1.165, 1.54) is 4.57 Å². The lowest BCUT2D eigenvalue weighted by molar-refractivity contribution is 0.102. The van der Waals surface area contributed by atoms with Gasteiger partial charge >= 0.3 is 5.69 Å². The highest BCUT2D eigenvalue weighted by Crippen LogP contribution is 2.15. The fourth-order valence-corrected chi connectivity index (χ4v) is 2.83. The zero-order valence-electron chi connectivity index (χ0n) is 14.5. The maximum Gasteiger partial charge on any atom is 0.329 e. The molecular weight excluding hydrogens is 304 g/mol. The number of allylic oxidation sites excluding steroid dienone is 2. The van der Waals surface area contributed by atoms with E-state index in [0.717, 1.165) is 11.1 Å². The van der Waals surface area contributed by atoms with Crippen molar-refractivity contribution in [1.29, 1.82) is 0 Å². The standard InChI is InChI=1S/C19H22N2O3/c1-5-7-8-21-16(15(6-2)18(23)20-19(21)24)17(22)14-10-12(3)9-13(4)11-14/h5,7,9-11H,6,8H2,1-4H3,(H,20,23,24)/b7-5-. The van der Waals surface area contributed by atoms with Crippen LogP contribution in [0.3, 0.4) is 0 Å². The van der Waals surface area contributed by atoms with Crippen molar-refractivity contribution in [1.82, 2.24) is 9.55 Å². The number of benzene rings is 1. The van der Waals surface area contributed by atoms with E-state index in [1.54, 1.807) is 31.2 Å². The van der Waals surface area contributed by atoms with Crippen molar-refractivity contribution in [3.8, 4) is 0 Å². The number of carbonyl (C=O) groups is 1. The maximum atomic E-state index is 13.1. The van der Waals surface area contributed by atoms with Gasteiger partial charge in [0.15, 0.2) is 0 Å². The van der Waals surface area contributed by atoms with Crippen LogP contribution in [-0.4, -0.2) is 15.3 Å². The van der Waals surface area contributed by atoms with Crippen molar-refractivity contribution in [2.45, 2.75) is 40.7 Å². The molecule has 24 heavy (non-hydrogen) atoms. The minimum Gasteiger partial charge on any atom is -0.287 e. The van der Waals surface area contributed by atoms with Gasteiger partial charge in [-0.15, -0.1) is 0 Å². The second kappa shape index (κ2) is 7.25. The van der Waals surface area contributed by atoms with Crippen LogP contribution in [0.15, 0.2) is 39.9 Å². The molecule has 0 aliphatic carbocycles. The van der Waals surface area contributed by atoms with Gasteiger partial charge in [-0.1, -0.05) is 36.3 Å². The number of rotatable bonds is 5. The SMILES string of the molecule is C/C=C\Cn1c(C(=O)c2cc(C)cc(C)c2)c(CC)c(=O)[nH]c1=O. The summed E-state index contributed by atoms with van der Waals surface area (Å²) >= 11 is 0. The minimum atomic E-state index is -0.567. The van der Waals surface area contributed by atoms with Gasteiger partial charge in [-0.05, 0) is 39.3 Å². The molecule has 0 amide bonds. The lowest BCUT2D eigenvalue weighted by atomic mass is 9.99. The Morgan fingerprint density at radius 3 is 2.33 bits per heavy atom. The summed E-state index contributed by atoms with van der Waals surface area (Å²) < 4.78 is 1.33. The highest BCUT2D eigenvalue weighted by atomic mass is 16.2.